The van der Waals surface area contributed by atoms with Crippen LogP contribution in [0.4, 0.5) is 5.69 Å². The summed E-state index contributed by atoms with van der Waals surface area (Å²) >= 11 is 0. The molecule has 2 N–H and O–H groups in total. The molecule has 0 amide bonds. The third-order valence-electron chi connectivity index (χ3n) is 2.59. The number of carbonyl (C=O) groups is 1. The number of nitrogens with zero attached hydrogens (tertiary/aromatic N) is 1. The highest BCUT2D eigenvalue weighted by atomic mass is 32.2. The van der Waals surface area contributed by atoms with Crippen molar-refractivity contribution in [2.75, 3.05) is 18.4 Å². The Morgan fingerprint density at radius 3 is 2.70 bits per heavy atom. The number of rotatable bonds is 7. The second-order valence-electron chi connectivity index (χ2n) is 4.07. The third kappa shape index (κ3) is 4.07. The summed E-state index contributed by atoms with van der Waals surface area (Å²) in [7, 11) is -2.58. The number of methoxy groups -OCH3 is 1. The van der Waals surface area contributed by atoms with Gasteiger partial charge in [-0.3, -0.25) is 14.3 Å². The van der Waals surface area contributed by atoms with E-state index in [0.717, 1.165) is 6.92 Å². The maximum absolute atomic E-state index is 11.7. The van der Waals surface area contributed by atoms with Gasteiger partial charge in [-0.2, -0.15) is 0 Å². The average Bonchev–Trinajstić information content (AvgIpc) is 2.38. The summed E-state index contributed by atoms with van der Waals surface area (Å²) < 4.78 is 31.7. The molecule has 112 valence electrons. The van der Waals surface area contributed by atoms with Crippen molar-refractivity contribution < 1.29 is 23.1 Å². The molecule has 20 heavy (non-hydrogen) atoms. The number of aliphatic carboxylic acids is 1. The Hall–Kier alpha value is -1.87. The first kappa shape index (κ1) is 16.2. The Bertz CT molecular complexity index is 637. The highest BCUT2D eigenvalue weighted by molar-refractivity contribution is 7.94. The molecule has 1 rings (SSSR count). The molecule has 1 aromatic rings. The minimum absolute atomic E-state index is 0.119. The molecule has 0 fully saturated rings. The van der Waals surface area contributed by atoms with Crippen molar-refractivity contribution in [2.24, 2.45) is 0 Å². The monoisotopic (exact) mass is 304 g/mol. The van der Waals surface area contributed by atoms with Crippen LogP contribution in [0.2, 0.25) is 0 Å². The lowest BCUT2D eigenvalue weighted by Crippen LogP contribution is -2.32. The summed E-state index contributed by atoms with van der Waals surface area (Å²) in [6.07, 6.45) is 1.30. The van der Waals surface area contributed by atoms with Crippen molar-refractivity contribution in [3.05, 3.63) is 28.7 Å². The van der Waals surface area contributed by atoms with E-state index in [-0.39, 0.29) is 17.8 Å². The molecule has 0 aliphatic rings. The van der Waals surface area contributed by atoms with Crippen LogP contribution in [-0.4, -0.2) is 43.0 Å². The number of anilines is 1. The van der Waals surface area contributed by atoms with Crippen LogP contribution in [0.1, 0.15) is 6.92 Å². The van der Waals surface area contributed by atoms with Gasteiger partial charge >= 0.3 is 5.97 Å². The van der Waals surface area contributed by atoms with E-state index in [1.807, 2.05) is 0 Å². The fourth-order valence-corrected chi connectivity index (χ4v) is 2.23. The SMILES string of the molecule is COCCn1cc(NS(=O)(=O)C(C)C(=O)O)ccc1=O. The van der Waals surface area contributed by atoms with Gasteiger partial charge in [0.25, 0.3) is 5.56 Å². The molecule has 0 aliphatic heterocycles. The van der Waals surface area contributed by atoms with Crippen LogP contribution < -0.4 is 10.3 Å². The summed E-state index contributed by atoms with van der Waals surface area (Å²) in [5.41, 5.74) is -0.190. The molecule has 0 saturated carbocycles. The summed E-state index contributed by atoms with van der Waals surface area (Å²) in [6, 6.07) is 2.47. The van der Waals surface area contributed by atoms with Gasteiger partial charge in [0.05, 0.1) is 12.3 Å². The minimum Gasteiger partial charge on any atom is -0.480 e. The van der Waals surface area contributed by atoms with E-state index in [9.17, 15) is 18.0 Å². The quantitative estimate of drug-likeness (QED) is 0.715. The molecule has 0 aliphatic carbocycles. The number of nitrogens with one attached hydrogen (secondary N) is 1. The molecule has 1 atom stereocenters. The number of carboxylic acid groups (broad SMARTS) is 1. The predicted molar refractivity (Wildman–Crippen MR) is 72.2 cm³/mol. The molecule has 9 heteroatoms. The maximum Gasteiger partial charge on any atom is 0.323 e. The predicted octanol–water partition coefficient (Wildman–Crippen LogP) is -0.290. The van der Waals surface area contributed by atoms with Gasteiger partial charge < -0.3 is 14.4 Å². The first-order valence-corrected chi connectivity index (χ1v) is 7.26. The van der Waals surface area contributed by atoms with E-state index in [2.05, 4.69) is 4.72 Å². The van der Waals surface area contributed by atoms with Crippen LogP contribution in [0.25, 0.3) is 0 Å². The maximum atomic E-state index is 11.7. The Morgan fingerprint density at radius 1 is 1.50 bits per heavy atom. The van der Waals surface area contributed by atoms with Gasteiger partial charge in [-0.25, -0.2) is 8.42 Å². The summed E-state index contributed by atoms with van der Waals surface area (Å²) in [4.78, 5) is 22.2. The van der Waals surface area contributed by atoms with Crippen LogP contribution in [0, 0.1) is 0 Å². The number of pyridine rings is 1. The number of aromatic nitrogens is 1. The molecule has 0 saturated heterocycles. The molecular formula is C11H16N2O6S. The fraction of sp³-hybridized carbons (Fsp3) is 0.455. The van der Waals surface area contributed by atoms with Crippen molar-refractivity contribution in [1.29, 1.82) is 0 Å². The Morgan fingerprint density at radius 2 is 2.15 bits per heavy atom. The summed E-state index contributed by atoms with van der Waals surface area (Å²) in [5.74, 6) is -1.45. The molecule has 0 spiro atoms. The molecule has 1 heterocycles. The lowest BCUT2D eigenvalue weighted by atomic mass is 10.4. The highest BCUT2D eigenvalue weighted by Gasteiger charge is 2.27. The number of ether oxygens (including phenoxy) is 1. The number of hydrogen-bond donors (Lipinski definition) is 2. The Kier molecular flexibility index (Phi) is 5.28. The molecule has 1 aromatic heterocycles. The Balaban J connectivity index is 2.99. The van der Waals surface area contributed by atoms with E-state index in [4.69, 9.17) is 9.84 Å². The van der Waals surface area contributed by atoms with Crippen LogP contribution in [-0.2, 0) is 26.1 Å². The second kappa shape index (κ2) is 6.53. The Labute approximate surface area is 116 Å². The zero-order chi connectivity index (χ0) is 15.3. The number of sulfonamides is 1. The zero-order valence-electron chi connectivity index (χ0n) is 11.1. The fourth-order valence-electron chi connectivity index (χ4n) is 1.34. The van der Waals surface area contributed by atoms with Crippen molar-refractivity contribution in [3.63, 3.8) is 0 Å². The second-order valence-corrected chi connectivity index (χ2v) is 6.07. The van der Waals surface area contributed by atoms with Crippen LogP contribution >= 0.6 is 0 Å². The van der Waals surface area contributed by atoms with E-state index in [1.165, 1.54) is 30.0 Å². The van der Waals surface area contributed by atoms with Gasteiger partial charge in [-0.1, -0.05) is 0 Å². The molecule has 0 aromatic carbocycles. The van der Waals surface area contributed by atoms with Crippen molar-refractivity contribution in [3.8, 4) is 0 Å². The lowest BCUT2D eigenvalue weighted by Gasteiger charge is -2.12. The topological polar surface area (TPSA) is 115 Å². The van der Waals surface area contributed by atoms with Crippen LogP contribution in [0.3, 0.4) is 0 Å². The van der Waals surface area contributed by atoms with Crippen LogP contribution in [0.5, 0.6) is 0 Å². The normalized spacial score (nSPS) is 12.9. The van der Waals surface area contributed by atoms with Crippen LogP contribution in [0.15, 0.2) is 23.1 Å². The molecule has 8 nitrogen and oxygen atoms in total. The zero-order valence-corrected chi connectivity index (χ0v) is 11.9. The van der Waals surface area contributed by atoms with Gasteiger partial charge in [0.15, 0.2) is 5.25 Å². The third-order valence-corrected chi connectivity index (χ3v) is 4.25. The minimum atomic E-state index is -4.06. The van der Waals surface area contributed by atoms with Gasteiger partial charge in [-0.05, 0) is 13.0 Å². The van der Waals surface area contributed by atoms with Gasteiger partial charge in [-0.15, -0.1) is 0 Å². The van der Waals surface area contributed by atoms with Gasteiger partial charge in [0, 0.05) is 25.9 Å². The first-order valence-electron chi connectivity index (χ1n) is 5.72. The number of hydrogen-bond acceptors (Lipinski definition) is 5. The standard InChI is InChI=1S/C11H16N2O6S/c1-8(11(15)16)20(17,18)12-9-3-4-10(14)13(7-9)5-6-19-2/h3-4,7-8,12H,5-6H2,1-2H3,(H,15,16). The number of carboxylic acids is 1. The lowest BCUT2D eigenvalue weighted by molar-refractivity contribution is -0.136. The molecule has 1 unspecified atom stereocenters. The molecular weight excluding hydrogens is 288 g/mol. The van der Waals surface area contributed by atoms with E-state index in [1.54, 1.807) is 0 Å². The largest absolute Gasteiger partial charge is 0.480 e. The van der Waals surface area contributed by atoms with Crippen molar-refractivity contribution in [1.82, 2.24) is 4.57 Å². The smallest absolute Gasteiger partial charge is 0.323 e. The average molecular weight is 304 g/mol. The van der Waals surface area contributed by atoms with E-state index < -0.39 is 21.2 Å². The first-order chi connectivity index (χ1) is 9.27. The molecule has 0 bridgehead atoms. The van der Waals surface area contributed by atoms with E-state index in [0.29, 0.717) is 6.61 Å². The summed E-state index contributed by atoms with van der Waals surface area (Å²) in [5, 5.41) is 7.12. The van der Waals surface area contributed by atoms with Gasteiger partial charge in [0.1, 0.15) is 0 Å². The van der Waals surface area contributed by atoms with Gasteiger partial charge in [0.2, 0.25) is 10.0 Å². The summed E-state index contributed by atoms with van der Waals surface area (Å²) in [6.45, 7) is 1.62. The van der Waals surface area contributed by atoms with Crippen molar-refractivity contribution in [2.45, 2.75) is 18.7 Å². The highest BCUT2D eigenvalue weighted by Crippen LogP contribution is 2.10. The van der Waals surface area contributed by atoms with Crippen molar-refractivity contribution >= 4 is 21.7 Å². The van der Waals surface area contributed by atoms with E-state index >= 15 is 0 Å². The molecule has 0 radical (unpaired) electrons.